The van der Waals surface area contributed by atoms with Crippen LogP contribution >= 0.6 is 0 Å². The van der Waals surface area contributed by atoms with Crippen LogP contribution in [0.25, 0.3) is 11.3 Å². The van der Waals surface area contributed by atoms with E-state index < -0.39 is 5.82 Å². The second-order valence-electron chi connectivity index (χ2n) is 5.67. The van der Waals surface area contributed by atoms with Gasteiger partial charge in [0, 0.05) is 24.7 Å². The number of benzene rings is 1. The molecule has 0 spiro atoms. The molecule has 2 heterocycles. The van der Waals surface area contributed by atoms with E-state index in [0.717, 1.165) is 18.5 Å². The minimum absolute atomic E-state index is 0.0564. The first-order valence-corrected chi connectivity index (χ1v) is 7.57. The van der Waals surface area contributed by atoms with Crippen molar-refractivity contribution < 1.29 is 13.9 Å². The molecule has 5 nitrogen and oxygen atoms in total. The van der Waals surface area contributed by atoms with Crippen LogP contribution in [0.3, 0.4) is 0 Å². The zero-order valence-corrected chi connectivity index (χ0v) is 12.9. The number of rotatable bonds is 3. The number of hydrogen-bond acceptors (Lipinski definition) is 5. The second-order valence-corrected chi connectivity index (χ2v) is 5.67. The highest BCUT2D eigenvalue weighted by molar-refractivity contribution is 5.94. The van der Waals surface area contributed by atoms with E-state index in [9.17, 15) is 9.18 Å². The molecular formula is C17H18FN3O2. The summed E-state index contributed by atoms with van der Waals surface area (Å²) in [5.41, 5.74) is 7.78. The molecule has 0 saturated carbocycles. The Bertz CT molecular complexity index is 743. The van der Waals surface area contributed by atoms with E-state index in [-0.39, 0.29) is 23.1 Å². The third-order valence-corrected chi connectivity index (χ3v) is 4.08. The largest absolute Gasteiger partial charge is 0.382 e. The van der Waals surface area contributed by atoms with Gasteiger partial charge in [-0.1, -0.05) is 6.07 Å². The number of halogens is 1. The van der Waals surface area contributed by atoms with Gasteiger partial charge in [0.15, 0.2) is 5.78 Å². The molecule has 2 aromatic rings. The lowest BCUT2D eigenvalue weighted by Crippen LogP contribution is -2.16. The van der Waals surface area contributed by atoms with Crippen LogP contribution in [-0.2, 0) is 4.74 Å². The molecule has 0 amide bonds. The Morgan fingerprint density at radius 3 is 2.74 bits per heavy atom. The van der Waals surface area contributed by atoms with Crippen molar-refractivity contribution in [1.29, 1.82) is 0 Å². The molecule has 0 aliphatic carbocycles. The second kappa shape index (κ2) is 6.42. The van der Waals surface area contributed by atoms with Gasteiger partial charge in [0.1, 0.15) is 17.3 Å². The van der Waals surface area contributed by atoms with E-state index in [1.807, 2.05) is 0 Å². The van der Waals surface area contributed by atoms with Crippen molar-refractivity contribution in [2.24, 2.45) is 0 Å². The van der Waals surface area contributed by atoms with Crippen LogP contribution in [0, 0.1) is 5.82 Å². The first-order chi connectivity index (χ1) is 11.1. The number of nitrogen functional groups attached to an aromatic ring is 1. The number of anilines is 1. The topological polar surface area (TPSA) is 78.1 Å². The van der Waals surface area contributed by atoms with E-state index in [4.69, 9.17) is 10.5 Å². The summed E-state index contributed by atoms with van der Waals surface area (Å²) >= 11 is 0. The van der Waals surface area contributed by atoms with Crippen LogP contribution in [-0.4, -0.2) is 29.0 Å². The van der Waals surface area contributed by atoms with Gasteiger partial charge in [-0.05, 0) is 31.9 Å². The van der Waals surface area contributed by atoms with Gasteiger partial charge in [-0.2, -0.15) is 0 Å². The Kier molecular flexibility index (Phi) is 4.34. The zero-order valence-electron chi connectivity index (χ0n) is 12.9. The Morgan fingerprint density at radius 2 is 2.09 bits per heavy atom. The highest BCUT2D eigenvalue weighted by atomic mass is 19.1. The standard InChI is InChI=1S/C17H18FN3O2/c1-10(22)13-3-2-12(8-14(13)18)16-17(19)20-9-15(21-16)11-4-6-23-7-5-11/h2-3,8-9,11H,4-7H2,1H3,(H2,19,20). The molecule has 1 aromatic carbocycles. The smallest absolute Gasteiger partial charge is 0.162 e. The molecule has 0 atom stereocenters. The number of nitrogens with zero attached hydrogens (tertiary/aromatic N) is 2. The predicted octanol–water partition coefficient (Wildman–Crippen LogP) is 2.96. The van der Waals surface area contributed by atoms with E-state index in [1.54, 1.807) is 12.3 Å². The van der Waals surface area contributed by atoms with Crippen LogP contribution < -0.4 is 5.73 Å². The highest BCUT2D eigenvalue weighted by Crippen LogP contribution is 2.29. The maximum Gasteiger partial charge on any atom is 0.162 e. The van der Waals surface area contributed by atoms with Crippen LogP contribution in [0.2, 0.25) is 0 Å². The van der Waals surface area contributed by atoms with Gasteiger partial charge in [-0.3, -0.25) is 4.79 Å². The first kappa shape index (κ1) is 15.6. The Hall–Kier alpha value is -2.34. The van der Waals surface area contributed by atoms with E-state index >= 15 is 0 Å². The molecule has 1 fully saturated rings. The monoisotopic (exact) mass is 315 g/mol. The number of ether oxygens (including phenoxy) is 1. The van der Waals surface area contributed by atoms with E-state index in [0.29, 0.717) is 24.5 Å². The third-order valence-electron chi connectivity index (χ3n) is 4.08. The summed E-state index contributed by atoms with van der Waals surface area (Å²) in [6, 6.07) is 4.38. The quantitative estimate of drug-likeness (QED) is 0.881. The van der Waals surface area contributed by atoms with Gasteiger partial charge in [-0.15, -0.1) is 0 Å². The Balaban J connectivity index is 1.98. The SMILES string of the molecule is CC(=O)c1ccc(-c2nc(C3CCOCC3)cnc2N)cc1F. The predicted molar refractivity (Wildman–Crippen MR) is 84.6 cm³/mol. The molecule has 2 N–H and O–H groups in total. The van der Waals surface area contributed by atoms with Gasteiger partial charge in [0.05, 0.1) is 17.5 Å². The first-order valence-electron chi connectivity index (χ1n) is 7.57. The van der Waals surface area contributed by atoms with Crippen LogP contribution in [0.5, 0.6) is 0 Å². The van der Waals surface area contributed by atoms with Crippen LogP contribution in [0.4, 0.5) is 10.2 Å². The summed E-state index contributed by atoms with van der Waals surface area (Å²) in [5, 5.41) is 0. The molecule has 0 unspecified atom stereocenters. The number of carbonyl (C=O) groups excluding carboxylic acids is 1. The lowest BCUT2D eigenvalue weighted by molar-refractivity contribution is 0.0844. The molecule has 1 aromatic heterocycles. The molecule has 1 aliphatic heterocycles. The molecule has 3 rings (SSSR count). The van der Waals surface area contributed by atoms with Crippen LogP contribution in [0.1, 0.15) is 41.7 Å². The lowest BCUT2D eigenvalue weighted by Gasteiger charge is -2.21. The minimum atomic E-state index is -0.576. The van der Waals surface area contributed by atoms with Gasteiger partial charge in [0.2, 0.25) is 0 Å². The summed E-state index contributed by atoms with van der Waals surface area (Å²) in [6.07, 6.45) is 3.44. The molecular weight excluding hydrogens is 297 g/mol. The number of carbonyl (C=O) groups is 1. The van der Waals surface area contributed by atoms with Crippen molar-refractivity contribution in [3.05, 3.63) is 41.5 Å². The molecule has 120 valence electrons. The van der Waals surface area contributed by atoms with Crippen molar-refractivity contribution in [3.63, 3.8) is 0 Å². The fourth-order valence-electron chi connectivity index (χ4n) is 2.76. The van der Waals surface area contributed by atoms with Crippen molar-refractivity contribution in [2.45, 2.75) is 25.7 Å². The van der Waals surface area contributed by atoms with Crippen molar-refractivity contribution in [2.75, 3.05) is 18.9 Å². The maximum atomic E-state index is 14.0. The fraction of sp³-hybridized carbons (Fsp3) is 0.353. The number of ketones is 1. The summed E-state index contributed by atoms with van der Waals surface area (Å²) in [7, 11) is 0. The number of aromatic nitrogens is 2. The fourth-order valence-corrected chi connectivity index (χ4v) is 2.76. The van der Waals surface area contributed by atoms with Crippen LogP contribution in [0.15, 0.2) is 24.4 Å². The third kappa shape index (κ3) is 3.22. The zero-order chi connectivity index (χ0) is 16.4. The lowest BCUT2D eigenvalue weighted by atomic mass is 9.96. The Labute approximate surface area is 133 Å². The average Bonchev–Trinajstić information content (AvgIpc) is 2.55. The molecule has 0 radical (unpaired) electrons. The number of Topliss-reactive ketones (excluding diaryl/α,β-unsaturated/α-hetero) is 1. The number of nitrogens with two attached hydrogens (primary N) is 1. The van der Waals surface area contributed by atoms with E-state index in [2.05, 4.69) is 9.97 Å². The summed E-state index contributed by atoms with van der Waals surface area (Å²) < 4.78 is 19.4. The van der Waals surface area contributed by atoms with Gasteiger partial charge in [-0.25, -0.2) is 14.4 Å². The molecule has 1 aliphatic rings. The molecule has 6 heteroatoms. The van der Waals surface area contributed by atoms with E-state index in [1.165, 1.54) is 19.1 Å². The van der Waals surface area contributed by atoms with Crippen molar-refractivity contribution in [3.8, 4) is 11.3 Å². The van der Waals surface area contributed by atoms with Gasteiger partial charge < -0.3 is 10.5 Å². The maximum absolute atomic E-state index is 14.0. The van der Waals surface area contributed by atoms with Gasteiger partial charge >= 0.3 is 0 Å². The normalized spacial score (nSPS) is 15.6. The highest BCUT2D eigenvalue weighted by Gasteiger charge is 2.20. The molecule has 1 saturated heterocycles. The molecule has 0 bridgehead atoms. The average molecular weight is 315 g/mol. The summed E-state index contributed by atoms with van der Waals surface area (Å²) in [6.45, 7) is 2.74. The minimum Gasteiger partial charge on any atom is -0.382 e. The number of hydrogen-bond donors (Lipinski definition) is 1. The molecule has 23 heavy (non-hydrogen) atoms. The summed E-state index contributed by atoms with van der Waals surface area (Å²) in [4.78, 5) is 20.1. The van der Waals surface area contributed by atoms with Crippen molar-refractivity contribution in [1.82, 2.24) is 9.97 Å². The van der Waals surface area contributed by atoms with Crippen molar-refractivity contribution >= 4 is 11.6 Å². The summed E-state index contributed by atoms with van der Waals surface area (Å²) in [5.74, 6) is -0.371. The Morgan fingerprint density at radius 1 is 1.35 bits per heavy atom. The van der Waals surface area contributed by atoms with Gasteiger partial charge in [0.25, 0.3) is 0 Å².